The Bertz CT molecular complexity index is 227. The summed E-state index contributed by atoms with van der Waals surface area (Å²) in [6.07, 6.45) is 6.68. The van der Waals surface area contributed by atoms with Gasteiger partial charge in [0.15, 0.2) is 0 Å². The molecule has 17 heavy (non-hydrogen) atoms. The van der Waals surface area contributed by atoms with Crippen LogP contribution in [0.4, 0.5) is 0 Å². The summed E-state index contributed by atoms with van der Waals surface area (Å²) in [5.74, 6) is 2.33. The van der Waals surface area contributed by atoms with E-state index in [-0.39, 0.29) is 11.9 Å². The third-order valence-electron chi connectivity index (χ3n) is 4.07. The maximum atomic E-state index is 11.6. The monoisotopic (exact) mass is 239 g/mol. The van der Waals surface area contributed by atoms with Crippen LogP contribution in [0.15, 0.2) is 0 Å². The van der Waals surface area contributed by atoms with Crippen LogP contribution in [0.25, 0.3) is 0 Å². The van der Waals surface area contributed by atoms with E-state index in [0.717, 1.165) is 31.1 Å². The van der Waals surface area contributed by atoms with E-state index in [4.69, 9.17) is 4.74 Å². The number of esters is 1. The Hall–Kier alpha value is -0.530. The maximum Gasteiger partial charge on any atom is 0.308 e. The Kier molecular flexibility index (Phi) is 6.01. The predicted octanol–water partition coefficient (Wildman–Crippen LogP) is 3.85. The Balaban J connectivity index is 2.42. The molecule has 0 heterocycles. The zero-order valence-corrected chi connectivity index (χ0v) is 11.7. The summed E-state index contributed by atoms with van der Waals surface area (Å²) < 4.78 is 5.09. The van der Waals surface area contributed by atoms with Crippen molar-refractivity contribution in [3.63, 3.8) is 0 Å². The van der Waals surface area contributed by atoms with Crippen LogP contribution >= 0.6 is 0 Å². The third kappa shape index (κ3) is 4.01. The molecule has 2 heteroatoms. The van der Waals surface area contributed by atoms with E-state index >= 15 is 0 Å². The first kappa shape index (κ1) is 14.5. The lowest BCUT2D eigenvalue weighted by Gasteiger charge is -2.34. The van der Waals surface area contributed by atoms with Crippen molar-refractivity contribution in [1.82, 2.24) is 0 Å². The van der Waals surface area contributed by atoms with Crippen molar-refractivity contribution < 1.29 is 9.53 Å². The summed E-state index contributed by atoms with van der Waals surface area (Å²) in [4.78, 5) is 11.6. The highest BCUT2D eigenvalue weighted by Gasteiger charge is 2.31. The molecule has 1 rings (SSSR count). The number of carbonyl (C=O) groups is 1. The fourth-order valence-electron chi connectivity index (χ4n) is 3.10. The number of ether oxygens (including phenoxy) is 1. The molecule has 1 aliphatic rings. The van der Waals surface area contributed by atoms with Crippen LogP contribution in [0.5, 0.6) is 0 Å². The van der Waals surface area contributed by atoms with Crippen molar-refractivity contribution >= 4 is 5.97 Å². The van der Waals surface area contributed by atoms with Crippen molar-refractivity contribution in [1.29, 1.82) is 0 Å². The highest BCUT2D eigenvalue weighted by molar-refractivity contribution is 5.72. The first-order valence-electron chi connectivity index (χ1n) is 7.10. The van der Waals surface area contributed by atoms with Gasteiger partial charge in [0.2, 0.25) is 0 Å². The summed E-state index contributed by atoms with van der Waals surface area (Å²) in [6.45, 7) is 9.26. The van der Waals surface area contributed by atoms with Crippen LogP contribution in [0.2, 0.25) is 0 Å². The van der Waals surface area contributed by atoms with Crippen molar-refractivity contribution in [2.45, 2.75) is 53.4 Å². The van der Waals surface area contributed by atoms with Crippen LogP contribution in [-0.4, -0.2) is 12.6 Å². The zero-order chi connectivity index (χ0) is 12.8. The molecule has 1 fully saturated rings. The van der Waals surface area contributed by atoms with Gasteiger partial charge in [-0.15, -0.1) is 0 Å². The van der Waals surface area contributed by atoms with Crippen LogP contribution in [0.1, 0.15) is 53.4 Å². The minimum atomic E-state index is -0.000189. The molecule has 0 saturated heterocycles. The van der Waals surface area contributed by atoms with Gasteiger partial charge < -0.3 is 4.74 Å². The van der Waals surface area contributed by atoms with Gasteiger partial charge in [-0.05, 0) is 50.4 Å². The summed E-state index contributed by atoms with van der Waals surface area (Å²) in [5, 5.41) is 0. The van der Waals surface area contributed by atoms with Crippen LogP contribution in [0, 0.1) is 30.1 Å². The van der Waals surface area contributed by atoms with Crippen molar-refractivity contribution in [2.75, 3.05) is 6.61 Å². The standard InChI is InChI=1S/C15H27O2/c1-5-14(11(3)4)12-7-9-13(10-8-12)15(16)17-6-2/h7,11-14H,5-6,8-10H2,1-4H3. The van der Waals surface area contributed by atoms with Gasteiger partial charge in [-0.3, -0.25) is 4.79 Å². The minimum Gasteiger partial charge on any atom is -0.466 e. The van der Waals surface area contributed by atoms with Gasteiger partial charge in [-0.25, -0.2) is 0 Å². The Morgan fingerprint density at radius 3 is 2.47 bits per heavy atom. The van der Waals surface area contributed by atoms with Crippen molar-refractivity contribution in [2.24, 2.45) is 23.7 Å². The van der Waals surface area contributed by atoms with Gasteiger partial charge in [0.1, 0.15) is 0 Å². The third-order valence-corrected chi connectivity index (χ3v) is 4.07. The topological polar surface area (TPSA) is 26.3 Å². The molecule has 0 bridgehead atoms. The molecule has 1 saturated carbocycles. The average molecular weight is 239 g/mol. The molecule has 99 valence electrons. The number of rotatable bonds is 5. The van der Waals surface area contributed by atoms with Crippen molar-refractivity contribution in [3.05, 3.63) is 6.42 Å². The molecule has 1 aliphatic carbocycles. The van der Waals surface area contributed by atoms with Gasteiger partial charge in [0, 0.05) is 0 Å². The van der Waals surface area contributed by atoms with E-state index in [1.54, 1.807) is 0 Å². The molecule has 0 N–H and O–H groups in total. The SMILES string of the molecule is CCOC(=O)C1C[CH]C(C(CC)C(C)C)CC1. The molecule has 0 aliphatic heterocycles. The number of hydrogen-bond donors (Lipinski definition) is 0. The first-order chi connectivity index (χ1) is 8.10. The molecule has 0 amide bonds. The highest BCUT2D eigenvalue weighted by atomic mass is 16.5. The lowest BCUT2D eigenvalue weighted by Crippen LogP contribution is -2.29. The van der Waals surface area contributed by atoms with Gasteiger partial charge >= 0.3 is 5.97 Å². The zero-order valence-electron chi connectivity index (χ0n) is 11.7. The molecule has 1 radical (unpaired) electrons. The smallest absolute Gasteiger partial charge is 0.308 e. The van der Waals surface area contributed by atoms with E-state index in [1.165, 1.54) is 6.42 Å². The fourth-order valence-corrected chi connectivity index (χ4v) is 3.10. The Morgan fingerprint density at radius 2 is 2.06 bits per heavy atom. The first-order valence-corrected chi connectivity index (χ1v) is 7.10. The molecule has 0 aromatic rings. The number of hydrogen-bond acceptors (Lipinski definition) is 2. The quantitative estimate of drug-likeness (QED) is 0.681. The van der Waals surface area contributed by atoms with E-state index in [2.05, 4.69) is 27.2 Å². The maximum absolute atomic E-state index is 11.6. The largest absolute Gasteiger partial charge is 0.466 e. The van der Waals surface area contributed by atoms with Gasteiger partial charge in [0.05, 0.1) is 12.5 Å². The normalized spacial score (nSPS) is 26.9. The second-order valence-electron chi connectivity index (χ2n) is 5.48. The van der Waals surface area contributed by atoms with Gasteiger partial charge in [0.25, 0.3) is 0 Å². The minimum absolute atomic E-state index is 0.000189. The lowest BCUT2D eigenvalue weighted by molar-refractivity contribution is -0.148. The molecular formula is C15H27O2. The molecule has 0 aromatic carbocycles. The summed E-state index contributed by atoms with van der Waals surface area (Å²) in [6, 6.07) is 0. The van der Waals surface area contributed by atoms with E-state index in [1.807, 2.05) is 6.92 Å². The Labute approximate surface area is 106 Å². The van der Waals surface area contributed by atoms with Gasteiger partial charge in [-0.2, -0.15) is 0 Å². The van der Waals surface area contributed by atoms with Crippen LogP contribution < -0.4 is 0 Å². The van der Waals surface area contributed by atoms with Crippen LogP contribution in [0.3, 0.4) is 0 Å². The van der Waals surface area contributed by atoms with Gasteiger partial charge in [-0.1, -0.05) is 27.2 Å². The molecular weight excluding hydrogens is 212 g/mol. The molecule has 3 atom stereocenters. The molecule has 0 aromatic heterocycles. The van der Waals surface area contributed by atoms with E-state index < -0.39 is 0 Å². The highest BCUT2D eigenvalue weighted by Crippen LogP contribution is 2.37. The molecule has 2 nitrogen and oxygen atoms in total. The second kappa shape index (κ2) is 7.03. The molecule has 3 unspecified atom stereocenters. The average Bonchev–Trinajstić information content (AvgIpc) is 2.30. The number of carbonyl (C=O) groups excluding carboxylic acids is 1. The summed E-state index contributed by atoms with van der Waals surface area (Å²) in [5.41, 5.74) is 0. The van der Waals surface area contributed by atoms with Crippen molar-refractivity contribution in [3.8, 4) is 0 Å². The van der Waals surface area contributed by atoms with E-state index in [9.17, 15) is 4.79 Å². The second-order valence-corrected chi connectivity index (χ2v) is 5.48. The lowest BCUT2D eigenvalue weighted by atomic mass is 9.71. The van der Waals surface area contributed by atoms with Crippen LogP contribution in [-0.2, 0) is 9.53 Å². The Morgan fingerprint density at radius 1 is 1.35 bits per heavy atom. The van der Waals surface area contributed by atoms with E-state index in [0.29, 0.717) is 12.5 Å². The molecule has 0 spiro atoms. The predicted molar refractivity (Wildman–Crippen MR) is 70.4 cm³/mol. The summed E-state index contributed by atoms with van der Waals surface area (Å²) in [7, 11) is 0. The summed E-state index contributed by atoms with van der Waals surface area (Å²) >= 11 is 0. The fraction of sp³-hybridized carbons (Fsp3) is 0.867.